The maximum Gasteiger partial charge on any atom is 0.255 e. The first kappa shape index (κ1) is 15.8. The van der Waals surface area contributed by atoms with Crippen LogP contribution in [0.25, 0.3) is 0 Å². The molecule has 2 amide bonds. The first-order chi connectivity index (χ1) is 9.95. The molecule has 2 heterocycles. The molecule has 1 fully saturated rings. The molecule has 0 atom stereocenters. The Bertz CT molecular complexity index is 511. The highest BCUT2D eigenvalue weighted by atomic mass is 35.5. The van der Waals surface area contributed by atoms with Crippen LogP contribution in [-0.2, 0) is 4.79 Å². The van der Waals surface area contributed by atoms with Gasteiger partial charge in [0.15, 0.2) is 0 Å². The molecule has 5 nitrogen and oxygen atoms in total. The standard InChI is InChI=1S/C15H20ClN3O2/c1-15(2,11-16)14(21)19-8-6-18(7-9-19)13(20)12-4-3-5-17-10-12/h3-5,10H,6-9,11H2,1-2H3. The van der Waals surface area contributed by atoms with Gasteiger partial charge in [-0.2, -0.15) is 0 Å². The van der Waals surface area contributed by atoms with Gasteiger partial charge in [0.2, 0.25) is 5.91 Å². The predicted octanol–water partition coefficient (Wildman–Crippen LogP) is 1.63. The number of amides is 2. The fraction of sp³-hybridized carbons (Fsp3) is 0.533. The van der Waals surface area contributed by atoms with Crippen molar-refractivity contribution in [3.05, 3.63) is 30.1 Å². The van der Waals surface area contributed by atoms with Crippen molar-refractivity contribution < 1.29 is 9.59 Å². The Morgan fingerprint density at radius 2 is 1.86 bits per heavy atom. The highest BCUT2D eigenvalue weighted by Crippen LogP contribution is 2.21. The van der Waals surface area contributed by atoms with Crippen molar-refractivity contribution in [2.24, 2.45) is 5.41 Å². The van der Waals surface area contributed by atoms with E-state index in [1.54, 1.807) is 34.3 Å². The maximum absolute atomic E-state index is 12.3. The van der Waals surface area contributed by atoms with Crippen molar-refractivity contribution in [3.63, 3.8) is 0 Å². The molecule has 0 N–H and O–H groups in total. The number of hydrogen-bond acceptors (Lipinski definition) is 3. The van der Waals surface area contributed by atoms with E-state index in [9.17, 15) is 9.59 Å². The van der Waals surface area contributed by atoms with E-state index in [-0.39, 0.29) is 11.8 Å². The summed E-state index contributed by atoms with van der Waals surface area (Å²) in [4.78, 5) is 32.1. The van der Waals surface area contributed by atoms with Gasteiger partial charge in [0.25, 0.3) is 5.91 Å². The summed E-state index contributed by atoms with van der Waals surface area (Å²) in [6.07, 6.45) is 3.21. The van der Waals surface area contributed by atoms with Gasteiger partial charge in [0, 0.05) is 44.5 Å². The number of halogens is 1. The maximum atomic E-state index is 12.3. The van der Waals surface area contributed by atoms with Crippen LogP contribution in [0.15, 0.2) is 24.5 Å². The minimum absolute atomic E-state index is 0.0354. The Balaban J connectivity index is 1.95. The lowest BCUT2D eigenvalue weighted by molar-refractivity contribution is -0.140. The van der Waals surface area contributed by atoms with E-state index in [1.165, 1.54) is 0 Å². The number of aromatic nitrogens is 1. The summed E-state index contributed by atoms with van der Waals surface area (Å²) in [7, 11) is 0. The van der Waals surface area contributed by atoms with Gasteiger partial charge in [0.1, 0.15) is 0 Å². The molecule has 1 aromatic rings. The van der Waals surface area contributed by atoms with Crippen molar-refractivity contribution in [2.75, 3.05) is 32.1 Å². The van der Waals surface area contributed by atoms with Gasteiger partial charge in [-0.15, -0.1) is 11.6 Å². The summed E-state index contributed by atoms with van der Waals surface area (Å²) in [5.74, 6) is 0.304. The molecule has 0 bridgehead atoms. The third kappa shape index (κ3) is 3.53. The van der Waals surface area contributed by atoms with Crippen LogP contribution in [0.1, 0.15) is 24.2 Å². The highest BCUT2D eigenvalue weighted by molar-refractivity contribution is 6.19. The van der Waals surface area contributed by atoms with E-state index >= 15 is 0 Å². The minimum Gasteiger partial charge on any atom is -0.339 e. The van der Waals surface area contributed by atoms with Crippen LogP contribution in [0.5, 0.6) is 0 Å². The van der Waals surface area contributed by atoms with Crippen LogP contribution in [0, 0.1) is 5.41 Å². The molecule has 1 aliphatic rings. The average molecular weight is 310 g/mol. The predicted molar refractivity (Wildman–Crippen MR) is 81.2 cm³/mol. The monoisotopic (exact) mass is 309 g/mol. The summed E-state index contributed by atoms with van der Waals surface area (Å²) < 4.78 is 0. The third-order valence-corrected chi connectivity index (χ3v) is 4.34. The van der Waals surface area contributed by atoms with E-state index in [0.29, 0.717) is 37.6 Å². The number of carbonyl (C=O) groups is 2. The Morgan fingerprint density at radius 3 is 2.38 bits per heavy atom. The fourth-order valence-corrected chi connectivity index (χ4v) is 2.38. The van der Waals surface area contributed by atoms with Crippen LogP contribution in [-0.4, -0.2) is 58.7 Å². The third-order valence-electron chi connectivity index (χ3n) is 3.68. The second-order valence-corrected chi connectivity index (χ2v) is 6.11. The molecular formula is C15H20ClN3O2. The number of alkyl halides is 1. The summed E-state index contributed by atoms with van der Waals surface area (Å²) in [5, 5.41) is 0. The van der Waals surface area contributed by atoms with Crippen molar-refractivity contribution in [1.82, 2.24) is 14.8 Å². The van der Waals surface area contributed by atoms with Crippen molar-refractivity contribution in [3.8, 4) is 0 Å². The van der Waals surface area contributed by atoms with Crippen LogP contribution in [0.2, 0.25) is 0 Å². The summed E-state index contributed by atoms with van der Waals surface area (Å²) >= 11 is 5.85. The molecule has 2 rings (SSSR count). The van der Waals surface area contributed by atoms with Gasteiger partial charge in [-0.25, -0.2) is 0 Å². The first-order valence-electron chi connectivity index (χ1n) is 7.00. The summed E-state index contributed by atoms with van der Waals surface area (Å²) in [5.41, 5.74) is 0.0234. The molecule has 0 aromatic carbocycles. The molecule has 1 saturated heterocycles. The van der Waals surface area contributed by atoms with Crippen molar-refractivity contribution in [1.29, 1.82) is 0 Å². The smallest absolute Gasteiger partial charge is 0.255 e. The molecule has 1 aliphatic heterocycles. The molecule has 0 radical (unpaired) electrons. The van der Waals surface area contributed by atoms with Crippen molar-refractivity contribution in [2.45, 2.75) is 13.8 Å². The molecule has 0 aliphatic carbocycles. The first-order valence-corrected chi connectivity index (χ1v) is 7.54. The molecule has 0 unspecified atom stereocenters. The SMILES string of the molecule is CC(C)(CCl)C(=O)N1CCN(C(=O)c2cccnc2)CC1. The zero-order valence-corrected chi connectivity index (χ0v) is 13.1. The zero-order chi connectivity index (χ0) is 15.5. The van der Waals surface area contributed by atoms with Crippen molar-refractivity contribution >= 4 is 23.4 Å². The Hall–Kier alpha value is -1.62. The number of carbonyl (C=O) groups excluding carboxylic acids is 2. The van der Waals surface area contributed by atoms with E-state index in [4.69, 9.17) is 11.6 Å². The summed E-state index contributed by atoms with van der Waals surface area (Å²) in [6.45, 7) is 5.86. The number of piperazine rings is 1. The molecule has 114 valence electrons. The van der Waals surface area contributed by atoms with E-state index in [1.807, 2.05) is 13.8 Å². The summed E-state index contributed by atoms with van der Waals surface area (Å²) in [6, 6.07) is 3.50. The Kier molecular flexibility index (Phi) is 4.83. The number of pyridine rings is 1. The van der Waals surface area contributed by atoms with Gasteiger partial charge < -0.3 is 9.80 Å². The second-order valence-electron chi connectivity index (χ2n) is 5.84. The zero-order valence-electron chi connectivity index (χ0n) is 12.4. The molecule has 21 heavy (non-hydrogen) atoms. The molecule has 1 aromatic heterocycles. The molecule has 0 saturated carbocycles. The van der Waals surface area contributed by atoms with Crippen LogP contribution >= 0.6 is 11.6 Å². The molecule has 0 spiro atoms. The van der Waals surface area contributed by atoms with Crippen LogP contribution < -0.4 is 0 Å². The van der Waals surface area contributed by atoms with Gasteiger partial charge in [0.05, 0.1) is 11.0 Å². The number of hydrogen-bond donors (Lipinski definition) is 0. The topological polar surface area (TPSA) is 53.5 Å². The van der Waals surface area contributed by atoms with E-state index in [0.717, 1.165) is 0 Å². The van der Waals surface area contributed by atoms with Gasteiger partial charge >= 0.3 is 0 Å². The lowest BCUT2D eigenvalue weighted by Gasteiger charge is -2.38. The molecular weight excluding hydrogens is 290 g/mol. The lowest BCUT2D eigenvalue weighted by Crippen LogP contribution is -2.53. The minimum atomic E-state index is -0.558. The van der Waals surface area contributed by atoms with E-state index < -0.39 is 5.41 Å². The van der Waals surface area contributed by atoms with Crippen LogP contribution in [0.3, 0.4) is 0 Å². The molecule has 6 heteroatoms. The Labute approximate surface area is 129 Å². The quantitative estimate of drug-likeness (QED) is 0.798. The highest BCUT2D eigenvalue weighted by Gasteiger charge is 2.33. The second kappa shape index (κ2) is 6.43. The van der Waals surface area contributed by atoms with Gasteiger partial charge in [-0.3, -0.25) is 14.6 Å². The number of rotatable bonds is 3. The van der Waals surface area contributed by atoms with Gasteiger partial charge in [-0.05, 0) is 26.0 Å². The fourth-order valence-electron chi connectivity index (χ4n) is 2.27. The Morgan fingerprint density at radius 1 is 1.24 bits per heavy atom. The average Bonchev–Trinajstić information content (AvgIpc) is 2.54. The van der Waals surface area contributed by atoms with Crippen LogP contribution in [0.4, 0.5) is 0 Å². The number of nitrogens with zero attached hydrogens (tertiary/aromatic N) is 3. The normalized spacial score (nSPS) is 16.0. The van der Waals surface area contributed by atoms with Gasteiger partial charge in [-0.1, -0.05) is 0 Å². The van der Waals surface area contributed by atoms with E-state index in [2.05, 4.69) is 4.98 Å². The lowest BCUT2D eigenvalue weighted by atomic mass is 9.94. The largest absolute Gasteiger partial charge is 0.339 e.